The van der Waals surface area contributed by atoms with E-state index in [1.807, 2.05) is 23.1 Å². The van der Waals surface area contributed by atoms with Gasteiger partial charge in [-0.1, -0.05) is 36.4 Å². The molecule has 3 rings (SSSR count). The Labute approximate surface area is 179 Å². The van der Waals surface area contributed by atoms with Crippen LogP contribution in [0, 0.1) is 5.92 Å². The maximum Gasteiger partial charge on any atom is 0.416 e. The summed E-state index contributed by atoms with van der Waals surface area (Å²) in [6.07, 6.45) is -1.71. The van der Waals surface area contributed by atoms with E-state index in [9.17, 15) is 18.0 Å². The summed E-state index contributed by atoms with van der Waals surface area (Å²) in [5, 5.41) is 4.12. The number of halogens is 3. The number of nitrogens with zero attached hydrogens (tertiary/aromatic N) is 2. The third-order valence-corrected chi connectivity index (χ3v) is 5.22. The largest absolute Gasteiger partial charge is 0.460 e. The minimum absolute atomic E-state index is 0.0809. The topological polar surface area (TPSA) is 53.9 Å². The first-order valence-corrected chi connectivity index (χ1v) is 10.3. The molecule has 1 aliphatic heterocycles. The van der Waals surface area contributed by atoms with Crippen molar-refractivity contribution in [2.75, 3.05) is 25.1 Å². The minimum Gasteiger partial charge on any atom is -0.460 e. The molecule has 1 heterocycles. The van der Waals surface area contributed by atoms with Crippen LogP contribution in [0.25, 0.3) is 0 Å². The van der Waals surface area contributed by atoms with Crippen molar-refractivity contribution in [3.8, 4) is 0 Å². The second kappa shape index (κ2) is 10.3. The number of likely N-dealkylation sites (tertiary alicyclic amines) is 1. The first kappa shape index (κ1) is 22.7. The summed E-state index contributed by atoms with van der Waals surface area (Å²) in [5.41, 5.74) is 3.24. The predicted octanol–water partition coefficient (Wildman–Crippen LogP) is 4.95. The Kier molecular flexibility index (Phi) is 7.55. The Hall–Kier alpha value is -3.03. The number of rotatable bonds is 5. The number of anilines is 1. The van der Waals surface area contributed by atoms with Crippen molar-refractivity contribution in [1.29, 1.82) is 0 Å². The number of ether oxygens (including phenoxy) is 1. The van der Waals surface area contributed by atoms with Crippen LogP contribution < -0.4 is 5.43 Å². The lowest BCUT2D eigenvalue weighted by Crippen LogP contribution is -2.43. The highest BCUT2D eigenvalue weighted by molar-refractivity contribution is 6.35. The number of hydrogen-bond donors (Lipinski definition) is 1. The Morgan fingerprint density at radius 3 is 2.48 bits per heavy atom. The van der Waals surface area contributed by atoms with Gasteiger partial charge in [0.2, 0.25) is 5.84 Å². The zero-order valence-electron chi connectivity index (χ0n) is 17.4. The summed E-state index contributed by atoms with van der Waals surface area (Å²) in [5.74, 6) is -0.0144. The van der Waals surface area contributed by atoms with Gasteiger partial charge >= 0.3 is 12.1 Å². The van der Waals surface area contributed by atoms with Gasteiger partial charge in [-0.3, -0.25) is 5.43 Å². The van der Waals surface area contributed by atoms with Crippen LogP contribution in [0.2, 0.25) is 0 Å². The number of amidine groups is 1. The second-order valence-electron chi connectivity index (χ2n) is 7.47. The highest BCUT2D eigenvalue weighted by Gasteiger charge is 2.30. The summed E-state index contributed by atoms with van der Waals surface area (Å²) in [6, 6.07) is 15.0. The van der Waals surface area contributed by atoms with E-state index < -0.39 is 17.7 Å². The number of hydrazone groups is 1. The lowest BCUT2D eigenvalue weighted by atomic mass is 9.90. The van der Waals surface area contributed by atoms with Gasteiger partial charge in [0.25, 0.3) is 0 Å². The molecule has 0 saturated carbocycles. The fourth-order valence-electron chi connectivity index (χ4n) is 3.62. The molecule has 0 radical (unpaired) electrons. The van der Waals surface area contributed by atoms with Gasteiger partial charge in [0, 0.05) is 13.1 Å². The standard InChI is InChI=1S/C23H26F3N3O2/c1-2-31-22(30)21(28-27-20-10-6-9-19(16-20)23(24,25)26)29-13-11-18(12-14-29)15-17-7-4-3-5-8-17/h3-10,16,18,27H,2,11-15H2,1H3/b28-21-. The molecule has 0 amide bonds. The normalized spacial score (nSPS) is 15.6. The summed E-state index contributed by atoms with van der Waals surface area (Å²) >= 11 is 0. The van der Waals surface area contributed by atoms with Crippen molar-refractivity contribution >= 4 is 17.5 Å². The summed E-state index contributed by atoms with van der Waals surface area (Å²) in [6.45, 7) is 3.13. The minimum atomic E-state index is -4.45. The van der Waals surface area contributed by atoms with Gasteiger partial charge in [-0.15, -0.1) is 5.10 Å². The molecule has 1 fully saturated rings. The number of benzene rings is 2. The summed E-state index contributed by atoms with van der Waals surface area (Å²) in [4.78, 5) is 14.3. The number of nitrogens with one attached hydrogen (secondary N) is 1. The molecule has 5 nitrogen and oxygen atoms in total. The van der Waals surface area contributed by atoms with Gasteiger partial charge in [0.05, 0.1) is 17.9 Å². The third-order valence-electron chi connectivity index (χ3n) is 5.22. The SMILES string of the molecule is CCOC(=O)/C(=N/Nc1cccc(C(F)(F)F)c1)N1CCC(Cc2ccccc2)CC1. The van der Waals surface area contributed by atoms with Crippen molar-refractivity contribution < 1.29 is 22.7 Å². The van der Waals surface area contributed by atoms with Crippen molar-refractivity contribution in [2.45, 2.75) is 32.4 Å². The molecule has 0 aliphatic carbocycles. The van der Waals surface area contributed by atoms with Crippen molar-refractivity contribution in [2.24, 2.45) is 11.0 Å². The average Bonchev–Trinajstić information content (AvgIpc) is 2.75. The average molecular weight is 433 g/mol. The van der Waals surface area contributed by atoms with E-state index in [1.165, 1.54) is 17.7 Å². The van der Waals surface area contributed by atoms with Gasteiger partial charge in [-0.05, 0) is 55.9 Å². The zero-order valence-corrected chi connectivity index (χ0v) is 17.4. The van der Waals surface area contributed by atoms with Crippen LogP contribution in [0.3, 0.4) is 0 Å². The molecule has 31 heavy (non-hydrogen) atoms. The maximum absolute atomic E-state index is 12.9. The molecule has 0 unspecified atom stereocenters. The van der Waals surface area contributed by atoms with Gasteiger partial charge in [-0.2, -0.15) is 13.2 Å². The van der Waals surface area contributed by atoms with Crippen LogP contribution in [-0.2, 0) is 22.1 Å². The first-order chi connectivity index (χ1) is 14.9. The molecule has 2 aromatic carbocycles. The fourth-order valence-corrected chi connectivity index (χ4v) is 3.62. The van der Waals surface area contributed by atoms with Crippen LogP contribution in [-0.4, -0.2) is 36.4 Å². The monoisotopic (exact) mass is 433 g/mol. The Bertz CT molecular complexity index is 892. The highest BCUT2D eigenvalue weighted by atomic mass is 19.4. The molecule has 0 bridgehead atoms. The van der Waals surface area contributed by atoms with E-state index in [4.69, 9.17) is 4.74 Å². The summed E-state index contributed by atoms with van der Waals surface area (Å²) in [7, 11) is 0. The number of esters is 1. The Morgan fingerprint density at radius 2 is 1.84 bits per heavy atom. The predicted molar refractivity (Wildman–Crippen MR) is 114 cm³/mol. The molecule has 0 aromatic heterocycles. The Balaban J connectivity index is 1.68. The van der Waals surface area contributed by atoms with Gasteiger partial charge in [0.15, 0.2) is 0 Å². The van der Waals surface area contributed by atoms with E-state index >= 15 is 0 Å². The quantitative estimate of drug-likeness (QED) is 0.314. The van der Waals surface area contributed by atoms with Crippen LogP contribution in [0.4, 0.5) is 18.9 Å². The lowest BCUT2D eigenvalue weighted by molar-refractivity contribution is -0.138. The van der Waals surface area contributed by atoms with Crippen molar-refractivity contribution in [1.82, 2.24) is 4.90 Å². The fraction of sp³-hybridized carbons (Fsp3) is 0.391. The van der Waals surface area contributed by atoms with Gasteiger partial charge < -0.3 is 9.64 Å². The molecule has 1 aliphatic rings. The van der Waals surface area contributed by atoms with Gasteiger partial charge in [0.1, 0.15) is 0 Å². The summed E-state index contributed by atoms with van der Waals surface area (Å²) < 4.78 is 43.9. The molecule has 1 saturated heterocycles. The number of hydrogen-bond acceptors (Lipinski definition) is 4. The molecular formula is C23H26F3N3O2. The molecule has 166 valence electrons. The van der Waals surface area contributed by atoms with Crippen LogP contribution in [0.5, 0.6) is 0 Å². The van der Waals surface area contributed by atoms with Crippen LogP contribution >= 0.6 is 0 Å². The van der Waals surface area contributed by atoms with Gasteiger partial charge in [-0.25, -0.2) is 4.79 Å². The van der Waals surface area contributed by atoms with Crippen molar-refractivity contribution in [3.05, 3.63) is 65.7 Å². The molecule has 0 spiro atoms. The molecule has 0 atom stereocenters. The third kappa shape index (κ3) is 6.47. The van der Waals surface area contributed by atoms with E-state index in [2.05, 4.69) is 22.7 Å². The zero-order chi connectivity index (χ0) is 22.3. The Morgan fingerprint density at radius 1 is 1.13 bits per heavy atom. The number of alkyl halides is 3. The van der Waals surface area contributed by atoms with E-state index in [1.54, 1.807) is 6.92 Å². The second-order valence-corrected chi connectivity index (χ2v) is 7.47. The van der Waals surface area contributed by atoms with Crippen LogP contribution in [0.1, 0.15) is 30.9 Å². The molecule has 2 aromatic rings. The van der Waals surface area contributed by atoms with Crippen molar-refractivity contribution in [3.63, 3.8) is 0 Å². The highest BCUT2D eigenvalue weighted by Crippen LogP contribution is 2.30. The van der Waals surface area contributed by atoms with E-state index in [0.717, 1.165) is 31.4 Å². The smallest absolute Gasteiger partial charge is 0.416 e. The number of carbonyl (C=O) groups excluding carboxylic acids is 1. The number of piperidine rings is 1. The molecular weight excluding hydrogens is 407 g/mol. The lowest BCUT2D eigenvalue weighted by Gasteiger charge is -2.33. The first-order valence-electron chi connectivity index (χ1n) is 10.3. The molecule has 1 N–H and O–H groups in total. The molecule has 8 heteroatoms. The van der Waals surface area contributed by atoms with E-state index in [0.29, 0.717) is 19.0 Å². The van der Waals surface area contributed by atoms with Crippen LogP contribution in [0.15, 0.2) is 59.7 Å². The maximum atomic E-state index is 12.9. The number of carbonyl (C=O) groups is 1. The van der Waals surface area contributed by atoms with E-state index in [-0.39, 0.29) is 18.1 Å².